The molecule has 1 aromatic rings. The van der Waals surface area contributed by atoms with Gasteiger partial charge in [0.05, 0.1) is 5.92 Å². The van der Waals surface area contributed by atoms with Crippen molar-refractivity contribution in [1.29, 1.82) is 0 Å². The van der Waals surface area contributed by atoms with E-state index in [0.717, 1.165) is 10.6 Å². The average Bonchev–Trinajstić information content (AvgIpc) is 2.72. The van der Waals surface area contributed by atoms with Crippen LogP contribution in [0.25, 0.3) is 0 Å². The second-order valence-corrected chi connectivity index (χ2v) is 5.77. The first-order valence-corrected chi connectivity index (χ1v) is 6.96. The van der Waals surface area contributed by atoms with Crippen molar-refractivity contribution in [2.75, 3.05) is 5.73 Å². The summed E-state index contributed by atoms with van der Waals surface area (Å²) in [5, 5.41) is 5.22. The Morgan fingerprint density at radius 3 is 2.44 bits per heavy atom. The minimum absolute atomic E-state index is 0.185. The van der Waals surface area contributed by atoms with Gasteiger partial charge in [-0.1, -0.05) is 0 Å². The van der Waals surface area contributed by atoms with Crippen LogP contribution < -0.4 is 11.1 Å². The maximum Gasteiger partial charge on any atom is 0.391 e. The Morgan fingerprint density at radius 2 is 1.94 bits per heavy atom. The van der Waals surface area contributed by atoms with Gasteiger partial charge in [-0.2, -0.15) is 13.2 Å². The zero-order chi connectivity index (χ0) is 13.2. The van der Waals surface area contributed by atoms with Crippen LogP contribution in [0.3, 0.4) is 0 Å². The monoisotopic (exact) mass is 278 g/mol. The average molecular weight is 278 g/mol. The summed E-state index contributed by atoms with van der Waals surface area (Å²) in [6.07, 6.45) is -2.36. The van der Waals surface area contributed by atoms with Crippen molar-refractivity contribution >= 4 is 17.0 Å². The molecular weight excluding hydrogens is 261 g/mol. The molecule has 6 heteroatoms. The van der Waals surface area contributed by atoms with Crippen LogP contribution in [0, 0.1) is 5.92 Å². The highest BCUT2D eigenvalue weighted by Crippen LogP contribution is 2.37. The van der Waals surface area contributed by atoms with Gasteiger partial charge >= 0.3 is 6.18 Å². The fraction of sp³-hybridized carbons (Fsp3) is 0.667. The fourth-order valence-corrected chi connectivity index (χ4v) is 3.11. The second-order valence-electron chi connectivity index (χ2n) is 4.77. The summed E-state index contributed by atoms with van der Waals surface area (Å²) in [5.74, 6) is -1.11. The van der Waals surface area contributed by atoms with E-state index in [1.54, 1.807) is 11.3 Å². The smallest absolute Gasteiger partial charge is 0.391 e. The molecule has 0 amide bonds. The summed E-state index contributed by atoms with van der Waals surface area (Å²) in [6.45, 7) is 0.658. The molecule has 1 heterocycles. The summed E-state index contributed by atoms with van der Waals surface area (Å²) in [7, 11) is 0. The molecule has 0 unspecified atom stereocenters. The SMILES string of the molecule is Nc1ccsc1CNC1CCC(C(F)(F)F)CC1. The van der Waals surface area contributed by atoms with Crippen molar-refractivity contribution < 1.29 is 13.2 Å². The number of halogens is 3. The Labute approximate surface area is 108 Å². The van der Waals surface area contributed by atoms with Gasteiger partial charge in [-0.3, -0.25) is 0 Å². The van der Waals surface area contributed by atoms with Crippen LogP contribution >= 0.6 is 11.3 Å². The highest BCUT2D eigenvalue weighted by atomic mass is 32.1. The second kappa shape index (κ2) is 5.48. The van der Waals surface area contributed by atoms with Crippen molar-refractivity contribution in [2.45, 2.75) is 44.4 Å². The highest BCUT2D eigenvalue weighted by molar-refractivity contribution is 7.10. The van der Waals surface area contributed by atoms with Crippen LogP contribution in [-0.4, -0.2) is 12.2 Å². The Kier molecular flexibility index (Phi) is 4.17. The standard InChI is InChI=1S/C12H17F3N2S/c13-12(14,15)8-1-3-9(4-2-8)17-7-11-10(16)5-6-18-11/h5-6,8-9,17H,1-4,7,16H2. The van der Waals surface area contributed by atoms with Gasteiger partial charge in [-0.15, -0.1) is 11.3 Å². The van der Waals surface area contributed by atoms with Gasteiger partial charge < -0.3 is 11.1 Å². The number of alkyl halides is 3. The Morgan fingerprint density at radius 1 is 1.28 bits per heavy atom. The predicted molar refractivity (Wildman–Crippen MR) is 67.4 cm³/mol. The zero-order valence-corrected chi connectivity index (χ0v) is 10.8. The van der Waals surface area contributed by atoms with Crippen LogP contribution in [0.5, 0.6) is 0 Å². The molecule has 18 heavy (non-hydrogen) atoms. The number of anilines is 1. The Hall–Kier alpha value is -0.750. The van der Waals surface area contributed by atoms with Gasteiger partial charge in [0.1, 0.15) is 0 Å². The first kappa shape index (κ1) is 13.7. The Balaban J connectivity index is 1.76. The van der Waals surface area contributed by atoms with Crippen molar-refractivity contribution in [3.05, 3.63) is 16.3 Å². The molecule has 0 aliphatic heterocycles. The van der Waals surface area contributed by atoms with Crippen molar-refractivity contribution in [2.24, 2.45) is 5.92 Å². The lowest BCUT2D eigenvalue weighted by Crippen LogP contribution is -2.36. The fourth-order valence-electron chi connectivity index (χ4n) is 2.36. The third kappa shape index (κ3) is 3.38. The maximum atomic E-state index is 12.5. The van der Waals surface area contributed by atoms with Gasteiger partial charge in [-0.25, -0.2) is 0 Å². The van der Waals surface area contributed by atoms with E-state index >= 15 is 0 Å². The third-order valence-electron chi connectivity index (χ3n) is 3.52. The van der Waals surface area contributed by atoms with E-state index in [1.807, 2.05) is 11.4 Å². The number of hydrogen-bond acceptors (Lipinski definition) is 3. The molecule has 0 atom stereocenters. The normalized spacial score (nSPS) is 25.3. The number of thiophene rings is 1. The van der Waals surface area contributed by atoms with Crippen LogP contribution in [0.4, 0.5) is 18.9 Å². The van der Waals surface area contributed by atoms with Crippen LogP contribution in [-0.2, 0) is 6.54 Å². The Bertz CT molecular complexity index is 381. The first-order chi connectivity index (χ1) is 8.47. The molecule has 0 aromatic carbocycles. The highest BCUT2D eigenvalue weighted by Gasteiger charge is 2.41. The summed E-state index contributed by atoms with van der Waals surface area (Å²) in [4.78, 5) is 1.06. The molecule has 1 aliphatic rings. The van der Waals surface area contributed by atoms with Gasteiger partial charge in [0.25, 0.3) is 0 Å². The predicted octanol–water partition coefficient (Wildman–Crippen LogP) is 3.54. The van der Waals surface area contributed by atoms with Crippen LogP contribution in [0.2, 0.25) is 0 Å². The molecule has 0 bridgehead atoms. The topological polar surface area (TPSA) is 38.0 Å². The molecule has 102 valence electrons. The van der Waals surface area contributed by atoms with Crippen molar-refractivity contribution in [3.8, 4) is 0 Å². The number of nitrogen functional groups attached to an aromatic ring is 1. The minimum atomic E-state index is -4.02. The lowest BCUT2D eigenvalue weighted by molar-refractivity contribution is -0.182. The molecule has 0 spiro atoms. The first-order valence-electron chi connectivity index (χ1n) is 6.08. The van der Waals surface area contributed by atoms with E-state index in [9.17, 15) is 13.2 Å². The molecule has 1 saturated carbocycles. The molecule has 3 N–H and O–H groups in total. The zero-order valence-electron chi connectivity index (χ0n) is 9.96. The van der Waals surface area contributed by atoms with E-state index in [-0.39, 0.29) is 18.9 Å². The molecular formula is C12H17F3N2S. The largest absolute Gasteiger partial charge is 0.398 e. The summed E-state index contributed by atoms with van der Waals surface area (Å²) >= 11 is 1.58. The number of nitrogens with one attached hydrogen (secondary N) is 1. The lowest BCUT2D eigenvalue weighted by Gasteiger charge is -2.30. The van der Waals surface area contributed by atoms with Crippen molar-refractivity contribution in [1.82, 2.24) is 5.32 Å². The third-order valence-corrected chi connectivity index (χ3v) is 4.46. The summed E-state index contributed by atoms with van der Waals surface area (Å²) in [5.41, 5.74) is 6.52. The quantitative estimate of drug-likeness (QED) is 0.887. The number of hydrogen-bond donors (Lipinski definition) is 2. The molecule has 1 aliphatic carbocycles. The minimum Gasteiger partial charge on any atom is -0.398 e. The molecule has 1 aromatic heterocycles. The summed E-state index contributed by atoms with van der Waals surface area (Å²) < 4.78 is 37.5. The van der Waals surface area contributed by atoms with Crippen molar-refractivity contribution in [3.63, 3.8) is 0 Å². The summed E-state index contributed by atoms with van der Waals surface area (Å²) in [6, 6.07) is 2.03. The van der Waals surface area contributed by atoms with E-state index in [2.05, 4.69) is 5.32 Å². The van der Waals surface area contributed by atoms with E-state index in [0.29, 0.717) is 19.4 Å². The van der Waals surface area contributed by atoms with Crippen LogP contribution in [0.1, 0.15) is 30.6 Å². The molecule has 2 nitrogen and oxygen atoms in total. The van der Waals surface area contributed by atoms with Gasteiger partial charge in [-0.05, 0) is 37.1 Å². The van der Waals surface area contributed by atoms with Gasteiger partial charge in [0, 0.05) is 23.2 Å². The van der Waals surface area contributed by atoms with Crippen LogP contribution in [0.15, 0.2) is 11.4 Å². The van der Waals surface area contributed by atoms with E-state index in [4.69, 9.17) is 5.73 Å². The molecule has 1 fully saturated rings. The number of nitrogens with two attached hydrogens (primary N) is 1. The van der Waals surface area contributed by atoms with Gasteiger partial charge in [0.2, 0.25) is 0 Å². The molecule has 2 rings (SSSR count). The lowest BCUT2D eigenvalue weighted by atomic mass is 9.85. The maximum absolute atomic E-state index is 12.5. The molecule has 0 saturated heterocycles. The van der Waals surface area contributed by atoms with Gasteiger partial charge in [0.15, 0.2) is 0 Å². The number of rotatable bonds is 3. The molecule has 0 radical (unpaired) electrons. The van der Waals surface area contributed by atoms with E-state index < -0.39 is 12.1 Å². The van der Waals surface area contributed by atoms with E-state index in [1.165, 1.54) is 0 Å².